The molecule has 0 spiro atoms. The van der Waals surface area contributed by atoms with E-state index < -0.39 is 0 Å². The van der Waals surface area contributed by atoms with Crippen molar-refractivity contribution in [2.45, 2.75) is 32.1 Å². The molecule has 0 unspecified atom stereocenters. The Hall–Kier alpha value is -2.96. The van der Waals surface area contributed by atoms with Crippen LogP contribution in [0, 0.1) is 5.82 Å². The van der Waals surface area contributed by atoms with Gasteiger partial charge in [-0.15, -0.1) is 0 Å². The van der Waals surface area contributed by atoms with Crippen LogP contribution in [0.3, 0.4) is 0 Å². The molecule has 3 aromatic rings. The molecule has 1 amide bonds. The van der Waals surface area contributed by atoms with E-state index >= 15 is 0 Å². The molecule has 146 valence electrons. The number of amides is 1. The van der Waals surface area contributed by atoms with Gasteiger partial charge in [0.1, 0.15) is 17.3 Å². The van der Waals surface area contributed by atoms with Crippen LogP contribution in [-0.4, -0.2) is 44.8 Å². The molecule has 2 aromatic heterocycles. The number of hydrogen-bond donors (Lipinski definition) is 1. The van der Waals surface area contributed by atoms with Gasteiger partial charge in [-0.1, -0.05) is 12.8 Å². The van der Waals surface area contributed by atoms with Crippen molar-refractivity contribution in [2.24, 2.45) is 0 Å². The number of carbonyl (C=O) groups is 1. The number of aromatic nitrogens is 3. The van der Waals surface area contributed by atoms with E-state index in [0.29, 0.717) is 18.6 Å². The summed E-state index contributed by atoms with van der Waals surface area (Å²) in [5.74, 6) is 0.688. The molecule has 0 aliphatic carbocycles. The van der Waals surface area contributed by atoms with Gasteiger partial charge >= 0.3 is 0 Å². The molecular formula is C21H24FN5O. The molecule has 1 fully saturated rings. The summed E-state index contributed by atoms with van der Waals surface area (Å²) in [6.07, 6.45) is 10.2. The second-order valence-electron chi connectivity index (χ2n) is 7.09. The minimum Gasteiger partial charge on any atom is -0.369 e. The minimum absolute atomic E-state index is 0.188. The number of halogens is 1. The van der Waals surface area contributed by atoms with Gasteiger partial charge in [-0.3, -0.25) is 14.2 Å². The highest BCUT2D eigenvalue weighted by molar-refractivity contribution is 5.78. The maximum atomic E-state index is 13.3. The Morgan fingerprint density at radius 2 is 1.86 bits per heavy atom. The molecule has 1 aliphatic heterocycles. The van der Waals surface area contributed by atoms with Gasteiger partial charge in [0.25, 0.3) is 0 Å². The van der Waals surface area contributed by atoms with Crippen LogP contribution in [0.4, 0.5) is 10.2 Å². The van der Waals surface area contributed by atoms with Crippen molar-refractivity contribution in [3.05, 3.63) is 48.7 Å². The number of likely N-dealkylation sites (tertiary alicyclic amines) is 1. The average Bonchev–Trinajstić information content (AvgIpc) is 2.89. The molecule has 1 N–H and O–H groups in total. The van der Waals surface area contributed by atoms with Gasteiger partial charge in [0.2, 0.25) is 5.91 Å². The zero-order valence-electron chi connectivity index (χ0n) is 15.8. The SMILES string of the molecule is O=C(CCNc1c(-c2ccc(F)cc2)nc2cnccn12)N1CCCCCC1. The van der Waals surface area contributed by atoms with E-state index in [9.17, 15) is 9.18 Å². The number of anilines is 1. The Bertz CT molecular complexity index is 945. The average molecular weight is 381 g/mol. The number of benzene rings is 1. The molecular weight excluding hydrogens is 357 g/mol. The lowest BCUT2D eigenvalue weighted by molar-refractivity contribution is -0.130. The zero-order chi connectivity index (χ0) is 19.3. The van der Waals surface area contributed by atoms with Crippen LogP contribution < -0.4 is 5.32 Å². The summed E-state index contributed by atoms with van der Waals surface area (Å²) in [4.78, 5) is 23.3. The predicted molar refractivity (Wildman–Crippen MR) is 107 cm³/mol. The van der Waals surface area contributed by atoms with E-state index in [1.165, 1.54) is 25.0 Å². The Labute approximate surface area is 163 Å². The second-order valence-corrected chi connectivity index (χ2v) is 7.09. The summed E-state index contributed by atoms with van der Waals surface area (Å²) in [5, 5.41) is 3.37. The lowest BCUT2D eigenvalue weighted by Crippen LogP contribution is -2.33. The molecule has 7 heteroatoms. The number of fused-ring (bicyclic) bond motifs is 1. The van der Waals surface area contributed by atoms with Gasteiger partial charge in [-0.25, -0.2) is 9.37 Å². The standard InChI is InChI=1S/C21H24FN5O/c22-17-7-5-16(6-8-17)20-21(27-14-11-23-15-18(27)25-20)24-10-9-19(28)26-12-3-1-2-4-13-26/h5-8,11,14-15,24H,1-4,9-10,12-13H2. The van der Waals surface area contributed by atoms with Gasteiger partial charge in [-0.05, 0) is 37.1 Å². The number of imidazole rings is 1. The van der Waals surface area contributed by atoms with Crippen molar-refractivity contribution in [1.29, 1.82) is 0 Å². The largest absolute Gasteiger partial charge is 0.369 e. The lowest BCUT2D eigenvalue weighted by Gasteiger charge is -2.20. The third-order valence-corrected chi connectivity index (χ3v) is 5.14. The van der Waals surface area contributed by atoms with Crippen LogP contribution in [0.1, 0.15) is 32.1 Å². The van der Waals surface area contributed by atoms with Gasteiger partial charge < -0.3 is 10.2 Å². The first-order valence-corrected chi connectivity index (χ1v) is 9.82. The van der Waals surface area contributed by atoms with Gasteiger partial charge in [0.15, 0.2) is 5.65 Å². The summed E-state index contributed by atoms with van der Waals surface area (Å²) < 4.78 is 15.2. The quantitative estimate of drug-likeness (QED) is 0.731. The highest BCUT2D eigenvalue weighted by atomic mass is 19.1. The topological polar surface area (TPSA) is 62.5 Å². The molecule has 0 radical (unpaired) electrons. The zero-order valence-corrected chi connectivity index (χ0v) is 15.8. The van der Waals surface area contributed by atoms with Crippen LogP contribution in [0.25, 0.3) is 16.9 Å². The minimum atomic E-state index is -0.285. The number of rotatable bonds is 5. The first-order chi connectivity index (χ1) is 13.7. The first-order valence-electron chi connectivity index (χ1n) is 9.82. The number of hydrogen-bond acceptors (Lipinski definition) is 4. The lowest BCUT2D eigenvalue weighted by atomic mass is 10.1. The van der Waals surface area contributed by atoms with Crippen molar-refractivity contribution in [2.75, 3.05) is 25.0 Å². The number of nitrogens with zero attached hydrogens (tertiary/aromatic N) is 4. The molecule has 0 atom stereocenters. The maximum absolute atomic E-state index is 13.3. The summed E-state index contributed by atoms with van der Waals surface area (Å²) in [7, 11) is 0. The first kappa shape index (κ1) is 18.4. The summed E-state index contributed by atoms with van der Waals surface area (Å²) in [6, 6.07) is 6.25. The molecule has 6 nitrogen and oxygen atoms in total. The van der Waals surface area contributed by atoms with Crippen molar-refractivity contribution in [3.63, 3.8) is 0 Å². The van der Waals surface area contributed by atoms with Crippen molar-refractivity contribution in [1.82, 2.24) is 19.3 Å². The van der Waals surface area contributed by atoms with Crippen LogP contribution in [0.5, 0.6) is 0 Å². The molecule has 1 saturated heterocycles. The number of nitrogens with one attached hydrogen (secondary N) is 1. The van der Waals surface area contributed by atoms with Crippen molar-refractivity contribution < 1.29 is 9.18 Å². The van der Waals surface area contributed by atoms with Crippen molar-refractivity contribution >= 4 is 17.4 Å². The van der Waals surface area contributed by atoms with Crippen LogP contribution in [0.2, 0.25) is 0 Å². The third kappa shape index (κ3) is 3.98. The second kappa shape index (κ2) is 8.37. The fourth-order valence-corrected chi connectivity index (χ4v) is 3.65. The summed E-state index contributed by atoms with van der Waals surface area (Å²) in [5.41, 5.74) is 2.23. The highest BCUT2D eigenvalue weighted by Crippen LogP contribution is 2.28. The van der Waals surface area contributed by atoms with E-state index in [-0.39, 0.29) is 11.7 Å². The summed E-state index contributed by atoms with van der Waals surface area (Å²) >= 11 is 0. The van der Waals surface area contributed by atoms with E-state index in [4.69, 9.17) is 0 Å². The van der Waals surface area contributed by atoms with E-state index in [2.05, 4.69) is 15.3 Å². The molecule has 1 aromatic carbocycles. The Morgan fingerprint density at radius 3 is 2.61 bits per heavy atom. The van der Waals surface area contributed by atoms with Gasteiger partial charge in [0.05, 0.1) is 6.20 Å². The van der Waals surface area contributed by atoms with Gasteiger partial charge in [0, 0.05) is 44.0 Å². The monoisotopic (exact) mass is 381 g/mol. The molecule has 0 saturated carbocycles. The molecule has 28 heavy (non-hydrogen) atoms. The maximum Gasteiger partial charge on any atom is 0.224 e. The molecule has 1 aliphatic rings. The molecule has 0 bridgehead atoms. The molecule has 3 heterocycles. The van der Waals surface area contributed by atoms with Crippen LogP contribution in [0.15, 0.2) is 42.9 Å². The van der Waals surface area contributed by atoms with Gasteiger partial charge in [-0.2, -0.15) is 0 Å². The fraction of sp³-hybridized carbons (Fsp3) is 0.381. The van der Waals surface area contributed by atoms with Crippen molar-refractivity contribution in [3.8, 4) is 11.3 Å². The van der Waals surface area contributed by atoms with E-state index in [1.807, 2.05) is 15.5 Å². The Morgan fingerprint density at radius 1 is 1.11 bits per heavy atom. The van der Waals surface area contributed by atoms with E-state index in [0.717, 1.165) is 43.0 Å². The van der Waals surface area contributed by atoms with Crippen LogP contribution >= 0.6 is 0 Å². The van der Waals surface area contributed by atoms with Crippen LogP contribution in [-0.2, 0) is 4.79 Å². The predicted octanol–water partition coefficient (Wildman–Crippen LogP) is 3.74. The third-order valence-electron chi connectivity index (χ3n) is 5.14. The fourth-order valence-electron chi connectivity index (χ4n) is 3.65. The van der Waals surface area contributed by atoms with E-state index in [1.54, 1.807) is 24.5 Å². The number of carbonyl (C=O) groups excluding carboxylic acids is 1. The Balaban J connectivity index is 1.51. The smallest absolute Gasteiger partial charge is 0.224 e. The highest BCUT2D eigenvalue weighted by Gasteiger charge is 2.17. The molecule has 4 rings (SSSR count). The summed E-state index contributed by atoms with van der Waals surface area (Å²) in [6.45, 7) is 2.24. The normalized spacial score (nSPS) is 14.8. The Kier molecular flexibility index (Phi) is 5.50.